The van der Waals surface area contributed by atoms with Crippen molar-refractivity contribution in [3.8, 4) is 0 Å². The minimum absolute atomic E-state index is 0.0388. The van der Waals surface area contributed by atoms with E-state index in [9.17, 15) is 0 Å². The number of nitrogens with zero attached hydrogens (tertiary/aromatic N) is 2. The van der Waals surface area contributed by atoms with Crippen molar-refractivity contribution in [2.75, 3.05) is 0 Å². The highest BCUT2D eigenvalue weighted by Crippen LogP contribution is 2.31. The number of nitrogens with two attached hydrogens (primary N) is 1. The van der Waals surface area contributed by atoms with Crippen molar-refractivity contribution >= 4 is 22.4 Å². The number of aryl methyl sites for hydroxylation is 1. The molecule has 0 aliphatic heterocycles. The van der Waals surface area contributed by atoms with Gasteiger partial charge in [-0.3, -0.25) is 0 Å². The van der Waals surface area contributed by atoms with Gasteiger partial charge >= 0.3 is 0 Å². The van der Waals surface area contributed by atoms with E-state index in [1.54, 1.807) is 11.3 Å². The number of aromatic nitrogens is 2. The molecule has 2 unspecified atom stereocenters. The predicted molar refractivity (Wildman–Crippen MR) is 89.8 cm³/mol. The van der Waals surface area contributed by atoms with Crippen LogP contribution in [0.2, 0.25) is 0 Å². The highest BCUT2D eigenvalue weighted by Gasteiger charge is 2.24. The highest BCUT2D eigenvalue weighted by molar-refractivity contribution is 7.10. The van der Waals surface area contributed by atoms with Crippen molar-refractivity contribution in [3.63, 3.8) is 0 Å². The molecule has 1 aromatic carbocycles. The summed E-state index contributed by atoms with van der Waals surface area (Å²) in [4.78, 5) is 6.12. The van der Waals surface area contributed by atoms with Crippen LogP contribution in [0.1, 0.15) is 37.0 Å². The fraction of sp³-hybridized carbons (Fsp3) is 0.353. The van der Waals surface area contributed by atoms with Gasteiger partial charge < -0.3 is 10.3 Å². The average molecular weight is 299 g/mol. The van der Waals surface area contributed by atoms with E-state index in [0.717, 1.165) is 24.2 Å². The largest absolute Gasteiger partial charge is 0.326 e. The summed E-state index contributed by atoms with van der Waals surface area (Å²) < 4.78 is 2.34. The highest BCUT2D eigenvalue weighted by atomic mass is 32.1. The maximum Gasteiger partial charge on any atom is 0.110 e. The fourth-order valence-electron chi connectivity index (χ4n) is 2.89. The zero-order valence-electron chi connectivity index (χ0n) is 12.5. The Hall–Kier alpha value is -1.65. The Morgan fingerprint density at radius 3 is 2.71 bits per heavy atom. The van der Waals surface area contributed by atoms with Crippen molar-refractivity contribution in [2.24, 2.45) is 5.73 Å². The molecule has 4 heteroatoms. The van der Waals surface area contributed by atoms with Gasteiger partial charge in [-0.05, 0) is 36.9 Å². The molecule has 2 N–H and O–H groups in total. The van der Waals surface area contributed by atoms with Crippen LogP contribution in [0.5, 0.6) is 0 Å². The van der Waals surface area contributed by atoms with E-state index in [4.69, 9.17) is 10.7 Å². The van der Waals surface area contributed by atoms with Gasteiger partial charge in [-0.15, -0.1) is 11.3 Å². The van der Waals surface area contributed by atoms with Crippen LogP contribution in [-0.2, 0) is 6.42 Å². The molecule has 0 fully saturated rings. The fourth-order valence-corrected chi connectivity index (χ4v) is 3.82. The molecule has 110 valence electrons. The lowest BCUT2D eigenvalue weighted by molar-refractivity contribution is 0.496. The number of benzene rings is 1. The standard InChI is InChI=1S/C17H21N3S/c1-3-7-16-19-13-8-4-5-9-14(13)20(16)17(12(2)18)15-10-6-11-21-15/h4-6,8-12,17H,3,7,18H2,1-2H3. The van der Waals surface area contributed by atoms with Gasteiger partial charge in [-0.1, -0.05) is 25.1 Å². The molecule has 0 spiro atoms. The monoisotopic (exact) mass is 299 g/mol. The maximum absolute atomic E-state index is 6.33. The third-order valence-electron chi connectivity index (χ3n) is 3.75. The Labute approximate surface area is 129 Å². The molecule has 21 heavy (non-hydrogen) atoms. The Bertz CT molecular complexity index is 713. The van der Waals surface area contributed by atoms with Crippen molar-refractivity contribution in [1.29, 1.82) is 0 Å². The van der Waals surface area contributed by atoms with Crippen LogP contribution in [0.15, 0.2) is 41.8 Å². The minimum atomic E-state index is 0.0388. The average Bonchev–Trinajstić information content (AvgIpc) is 3.09. The molecule has 0 saturated carbocycles. The summed E-state index contributed by atoms with van der Waals surface area (Å²) in [5.74, 6) is 1.13. The molecule has 0 aliphatic rings. The molecule has 3 rings (SSSR count). The zero-order chi connectivity index (χ0) is 14.8. The lowest BCUT2D eigenvalue weighted by Crippen LogP contribution is -2.30. The van der Waals surface area contributed by atoms with Crippen LogP contribution in [0.4, 0.5) is 0 Å². The van der Waals surface area contributed by atoms with E-state index in [0.29, 0.717) is 0 Å². The van der Waals surface area contributed by atoms with Gasteiger partial charge in [-0.2, -0.15) is 0 Å². The van der Waals surface area contributed by atoms with Crippen LogP contribution in [0.25, 0.3) is 11.0 Å². The van der Waals surface area contributed by atoms with Crippen LogP contribution in [0.3, 0.4) is 0 Å². The summed E-state index contributed by atoms with van der Waals surface area (Å²) in [6, 6.07) is 12.8. The van der Waals surface area contributed by atoms with Gasteiger partial charge in [0.05, 0.1) is 17.1 Å². The van der Waals surface area contributed by atoms with Gasteiger partial charge in [0, 0.05) is 17.3 Å². The Morgan fingerprint density at radius 2 is 2.05 bits per heavy atom. The first-order valence-corrected chi connectivity index (χ1v) is 8.35. The van der Waals surface area contributed by atoms with Gasteiger partial charge in [0.1, 0.15) is 5.82 Å². The number of thiophene rings is 1. The SMILES string of the molecule is CCCc1nc2ccccc2n1C(c1cccs1)C(C)N. The van der Waals surface area contributed by atoms with Crippen LogP contribution in [0, 0.1) is 0 Å². The Kier molecular flexibility index (Phi) is 4.08. The molecule has 3 nitrogen and oxygen atoms in total. The van der Waals surface area contributed by atoms with E-state index < -0.39 is 0 Å². The van der Waals surface area contributed by atoms with Crippen molar-refractivity contribution in [1.82, 2.24) is 9.55 Å². The predicted octanol–water partition coefficient (Wildman–Crippen LogP) is 3.99. The first-order chi connectivity index (χ1) is 10.2. The third kappa shape index (κ3) is 2.61. The number of imidazole rings is 1. The minimum Gasteiger partial charge on any atom is -0.326 e. The third-order valence-corrected chi connectivity index (χ3v) is 4.70. The van der Waals surface area contributed by atoms with Gasteiger partial charge in [0.15, 0.2) is 0 Å². The summed E-state index contributed by atoms with van der Waals surface area (Å²) in [6.45, 7) is 4.27. The van der Waals surface area contributed by atoms with Gasteiger partial charge in [0.2, 0.25) is 0 Å². The number of para-hydroxylation sites is 2. The first kappa shape index (κ1) is 14.3. The quantitative estimate of drug-likeness (QED) is 0.774. The zero-order valence-corrected chi connectivity index (χ0v) is 13.3. The van der Waals surface area contributed by atoms with E-state index in [2.05, 4.69) is 54.1 Å². The van der Waals surface area contributed by atoms with E-state index in [-0.39, 0.29) is 12.1 Å². The van der Waals surface area contributed by atoms with E-state index in [1.807, 2.05) is 6.07 Å². The number of rotatable bonds is 5. The normalized spacial score (nSPS) is 14.4. The Balaban J connectivity index is 2.22. The molecule has 2 atom stereocenters. The summed E-state index contributed by atoms with van der Waals surface area (Å²) in [5, 5.41) is 2.11. The summed E-state index contributed by atoms with van der Waals surface area (Å²) in [7, 11) is 0. The van der Waals surface area contributed by atoms with Crippen LogP contribution >= 0.6 is 11.3 Å². The van der Waals surface area contributed by atoms with E-state index in [1.165, 1.54) is 10.4 Å². The second kappa shape index (κ2) is 6.00. The summed E-state index contributed by atoms with van der Waals surface area (Å²) >= 11 is 1.76. The topological polar surface area (TPSA) is 43.8 Å². The van der Waals surface area contributed by atoms with Crippen molar-refractivity contribution in [3.05, 3.63) is 52.5 Å². The lowest BCUT2D eigenvalue weighted by Gasteiger charge is -2.24. The molecule has 0 saturated heterocycles. The van der Waals surface area contributed by atoms with Gasteiger partial charge in [0.25, 0.3) is 0 Å². The smallest absolute Gasteiger partial charge is 0.110 e. The molecule has 0 amide bonds. The molecular formula is C17H21N3S. The van der Waals surface area contributed by atoms with Crippen molar-refractivity contribution < 1.29 is 0 Å². The molecule has 0 bridgehead atoms. The Morgan fingerprint density at radius 1 is 1.24 bits per heavy atom. The van der Waals surface area contributed by atoms with Gasteiger partial charge in [-0.25, -0.2) is 4.98 Å². The summed E-state index contributed by atoms with van der Waals surface area (Å²) in [5.41, 5.74) is 8.57. The van der Waals surface area contributed by atoms with Crippen LogP contribution in [-0.4, -0.2) is 15.6 Å². The van der Waals surface area contributed by atoms with E-state index >= 15 is 0 Å². The molecule has 0 aliphatic carbocycles. The molecule has 0 radical (unpaired) electrons. The second-order valence-corrected chi connectivity index (χ2v) is 6.44. The van der Waals surface area contributed by atoms with Crippen LogP contribution < -0.4 is 5.73 Å². The molecular weight excluding hydrogens is 278 g/mol. The number of hydrogen-bond donors (Lipinski definition) is 1. The molecule has 2 aromatic heterocycles. The number of fused-ring (bicyclic) bond motifs is 1. The molecule has 2 heterocycles. The summed E-state index contributed by atoms with van der Waals surface area (Å²) in [6.07, 6.45) is 2.06. The van der Waals surface area contributed by atoms with Crippen molar-refractivity contribution in [2.45, 2.75) is 38.8 Å². The lowest BCUT2D eigenvalue weighted by atomic mass is 10.1. The first-order valence-electron chi connectivity index (χ1n) is 7.47. The second-order valence-electron chi connectivity index (χ2n) is 5.46. The molecule has 3 aromatic rings. The maximum atomic E-state index is 6.33. The number of hydrogen-bond acceptors (Lipinski definition) is 3.